The number of para-hydroxylation sites is 1. The van der Waals surface area contributed by atoms with Crippen molar-refractivity contribution in [2.45, 2.75) is 24.8 Å². The van der Waals surface area contributed by atoms with Crippen LogP contribution >= 0.6 is 0 Å². The molecular formula is C25H26FN3O5S. The van der Waals surface area contributed by atoms with Crippen LogP contribution in [0.5, 0.6) is 5.75 Å². The second-order valence-electron chi connectivity index (χ2n) is 7.89. The molecule has 8 nitrogen and oxygen atoms in total. The molecule has 10 heteroatoms. The molecule has 3 aromatic carbocycles. The molecule has 0 heterocycles. The molecule has 0 aromatic heterocycles. The van der Waals surface area contributed by atoms with Gasteiger partial charge in [0.05, 0.1) is 28.9 Å². The summed E-state index contributed by atoms with van der Waals surface area (Å²) in [5.41, 5.74) is 0.570. The van der Waals surface area contributed by atoms with Gasteiger partial charge in [0.2, 0.25) is 5.91 Å². The summed E-state index contributed by atoms with van der Waals surface area (Å²) < 4.78 is 46.4. The zero-order chi connectivity index (χ0) is 25.6. The van der Waals surface area contributed by atoms with Crippen LogP contribution in [0.1, 0.15) is 24.2 Å². The Bertz CT molecular complexity index is 1290. The molecule has 0 aliphatic heterocycles. The molecule has 0 aliphatic carbocycles. The highest BCUT2D eigenvalue weighted by molar-refractivity contribution is 7.92. The van der Waals surface area contributed by atoms with E-state index in [1.807, 2.05) is 13.8 Å². The number of hydrogen-bond acceptors (Lipinski definition) is 5. The summed E-state index contributed by atoms with van der Waals surface area (Å²) in [7, 11) is -2.75. The Balaban J connectivity index is 1.92. The highest BCUT2D eigenvalue weighted by atomic mass is 32.2. The zero-order valence-electron chi connectivity index (χ0n) is 19.5. The van der Waals surface area contributed by atoms with Crippen LogP contribution in [0.25, 0.3) is 0 Å². The quantitative estimate of drug-likeness (QED) is 0.466. The van der Waals surface area contributed by atoms with Gasteiger partial charge >= 0.3 is 0 Å². The van der Waals surface area contributed by atoms with Gasteiger partial charge in [-0.25, -0.2) is 12.8 Å². The SMILES string of the molecule is COc1ccc(S(=O)(=O)N(CC(=O)Nc2ccccc2C(=O)NC(C)C)c2ccc(F)cc2)cc1. The molecule has 3 rings (SSSR count). The summed E-state index contributed by atoms with van der Waals surface area (Å²) in [6.07, 6.45) is 0. The first-order chi connectivity index (χ1) is 16.6. The third-order valence-corrected chi connectivity index (χ3v) is 6.70. The van der Waals surface area contributed by atoms with E-state index in [4.69, 9.17) is 4.74 Å². The minimum Gasteiger partial charge on any atom is -0.497 e. The Morgan fingerprint density at radius 2 is 1.60 bits per heavy atom. The van der Waals surface area contributed by atoms with Gasteiger partial charge in [-0.2, -0.15) is 0 Å². The third-order valence-electron chi connectivity index (χ3n) is 4.91. The van der Waals surface area contributed by atoms with Gasteiger partial charge in [0.15, 0.2) is 0 Å². The largest absolute Gasteiger partial charge is 0.497 e. The molecule has 0 radical (unpaired) electrons. The fraction of sp³-hybridized carbons (Fsp3) is 0.200. The second kappa shape index (κ2) is 11.0. The van der Waals surface area contributed by atoms with Gasteiger partial charge in [0.25, 0.3) is 15.9 Å². The number of methoxy groups -OCH3 is 1. The molecule has 0 fully saturated rings. The number of anilines is 2. The standard InChI is InChI=1S/C25H26FN3O5S/c1-17(2)27-25(31)22-6-4-5-7-23(22)28-24(30)16-29(19-10-8-18(26)9-11-19)35(32,33)21-14-12-20(34-3)13-15-21/h4-15,17H,16H2,1-3H3,(H,27,31)(H,28,30). The van der Waals surface area contributed by atoms with Crippen molar-refractivity contribution in [3.63, 3.8) is 0 Å². The Morgan fingerprint density at radius 3 is 2.20 bits per heavy atom. The molecule has 184 valence electrons. The summed E-state index contributed by atoms with van der Waals surface area (Å²) in [4.78, 5) is 25.4. The molecule has 2 N–H and O–H groups in total. The van der Waals surface area contributed by atoms with Crippen molar-refractivity contribution in [2.75, 3.05) is 23.3 Å². The zero-order valence-corrected chi connectivity index (χ0v) is 20.3. The number of nitrogens with one attached hydrogen (secondary N) is 2. The van der Waals surface area contributed by atoms with E-state index >= 15 is 0 Å². The molecule has 0 saturated heterocycles. The van der Waals surface area contributed by atoms with Gasteiger partial charge in [-0.3, -0.25) is 13.9 Å². The molecule has 0 bridgehead atoms. The highest BCUT2D eigenvalue weighted by Crippen LogP contribution is 2.26. The van der Waals surface area contributed by atoms with Crippen molar-refractivity contribution >= 4 is 33.2 Å². The van der Waals surface area contributed by atoms with Gasteiger partial charge in [0.1, 0.15) is 18.1 Å². The number of carbonyl (C=O) groups excluding carboxylic acids is 2. The molecule has 0 unspecified atom stereocenters. The summed E-state index contributed by atoms with van der Waals surface area (Å²) in [5, 5.41) is 5.38. The molecule has 0 atom stereocenters. The van der Waals surface area contributed by atoms with E-state index in [1.165, 1.54) is 43.5 Å². The van der Waals surface area contributed by atoms with E-state index in [0.29, 0.717) is 5.75 Å². The van der Waals surface area contributed by atoms with Crippen LogP contribution in [-0.4, -0.2) is 39.9 Å². The number of amides is 2. The first-order valence-electron chi connectivity index (χ1n) is 10.7. The van der Waals surface area contributed by atoms with Crippen LogP contribution < -0.4 is 19.7 Å². The predicted molar refractivity (Wildman–Crippen MR) is 132 cm³/mol. The molecule has 0 spiro atoms. The lowest BCUT2D eigenvalue weighted by molar-refractivity contribution is -0.114. The third kappa shape index (κ3) is 6.36. The van der Waals surface area contributed by atoms with Crippen LogP contribution in [0.2, 0.25) is 0 Å². The average Bonchev–Trinajstić information content (AvgIpc) is 2.83. The summed E-state index contributed by atoms with van der Waals surface area (Å²) in [6.45, 7) is 3.01. The van der Waals surface area contributed by atoms with Crippen LogP contribution in [-0.2, 0) is 14.8 Å². The lowest BCUT2D eigenvalue weighted by atomic mass is 10.1. The summed E-state index contributed by atoms with van der Waals surface area (Å²) in [5.74, 6) is -1.15. The number of sulfonamides is 1. The van der Waals surface area contributed by atoms with Gasteiger partial charge in [0, 0.05) is 6.04 Å². The van der Waals surface area contributed by atoms with E-state index in [2.05, 4.69) is 10.6 Å². The van der Waals surface area contributed by atoms with Crippen molar-refractivity contribution in [3.8, 4) is 5.75 Å². The highest BCUT2D eigenvalue weighted by Gasteiger charge is 2.28. The number of nitrogens with zero attached hydrogens (tertiary/aromatic N) is 1. The number of halogens is 1. The number of carbonyl (C=O) groups is 2. The molecule has 0 aliphatic rings. The second-order valence-corrected chi connectivity index (χ2v) is 9.75. The number of benzene rings is 3. The predicted octanol–water partition coefficient (Wildman–Crippen LogP) is 3.81. The number of ether oxygens (including phenoxy) is 1. The van der Waals surface area contributed by atoms with Gasteiger partial charge in [-0.1, -0.05) is 12.1 Å². The van der Waals surface area contributed by atoms with Crippen molar-refractivity contribution < 1.29 is 27.1 Å². The maximum atomic E-state index is 13.5. The Kier molecular flexibility index (Phi) is 8.08. The lowest BCUT2D eigenvalue weighted by Crippen LogP contribution is -2.38. The van der Waals surface area contributed by atoms with Crippen molar-refractivity contribution in [1.82, 2.24) is 5.32 Å². The Morgan fingerprint density at radius 1 is 0.971 bits per heavy atom. The monoisotopic (exact) mass is 499 g/mol. The molecule has 0 saturated carbocycles. The van der Waals surface area contributed by atoms with Crippen LogP contribution in [0, 0.1) is 5.82 Å². The molecule has 35 heavy (non-hydrogen) atoms. The molecular weight excluding hydrogens is 473 g/mol. The van der Waals surface area contributed by atoms with Crippen molar-refractivity contribution in [3.05, 3.63) is 84.2 Å². The Labute approximate surface area is 203 Å². The topological polar surface area (TPSA) is 105 Å². The Hall–Kier alpha value is -3.92. The van der Waals surface area contributed by atoms with E-state index in [1.54, 1.807) is 24.3 Å². The maximum Gasteiger partial charge on any atom is 0.264 e. The van der Waals surface area contributed by atoms with Crippen molar-refractivity contribution in [1.29, 1.82) is 0 Å². The smallest absolute Gasteiger partial charge is 0.264 e. The molecule has 3 aromatic rings. The lowest BCUT2D eigenvalue weighted by Gasteiger charge is -2.24. The maximum absolute atomic E-state index is 13.5. The van der Waals surface area contributed by atoms with Crippen LogP contribution in [0.15, 0.2) is 77.7 Å². The fourth-order valence-electron chi connectivity index (χ4n) is 3.25. The summed E-state index contributed by atoms with van der Waals surface area (Å²) in [6, 6.07) is 16.7. The first-order valence-corrected chi connectivity index (χ1v) is 12.2. The van der Waals surface area contributed by atoms with E-state index in [9.17, 15) is 22.4 Å². The van der Waals surface area contributed by atoms with Crippen LogP contribution in [0.4, 0.5) is 15.8 Å². The van der Waals surface area contributed by atoms with E-state index in [-0.39, 0.29) is 33.8 Å². The molecule has 2 amide bonds. The minimum atomic E-state index is -4.21. The minimum absolute atomic E-state index is 0.0767. The normalized spacial score (nSPS) is 11.1. The van der Waals surface area contributed by atoms with Gasteiger partial charge in [-0.05, 0) is 74.5 Å². The van der Waals surface area contributed by atoms with Crippen LogP contribution in [0.3, 0.4) is 0 Å². The van der Waals surface area contributed by atoms with Gasteiger partial charge < -0.3 is 15.4 Å². The van der Waals surface area contributed by atoms with E-state index < -0.39 is 28.3 Å². The number of hydrogen-bond donors (Lipinski definition) is 2. The first kappa shape index (κ1) is 25.7. The average molecular weight is 500 g/mol. The van der Waals surface area contributed by atoms with E-state index in [0.717, 1.165) is 16.4 Å². The van der Waals surface area contributed by atoms with Crippen molar-refractivity contribution in [2.24, 2.45) is 0 Å². The van der Waals surface area contributed by atoms with Gasteiger partial charge in [-0.15, -0.1) is 0 Å². The fourth-order valence-corrected chi connectivity index (χ4v) is 4.67. The number of rotatable bonds is 9. The summed E-state index contributed by atoms with van der Waals surface area (Å²) >= 11 is 0.